The number of anilines is 1. The zero-order valence-corrected chi connectivity index (χ0v) is 9.91. The minimum absolute atomic E-state index is 0.174. The van der Waals surface area contributed by atoms with Gasteiger partial charge in [-0.2, -0.15) is 0 Å². The summed E-state index contributed by atoms with van der Waals surface area (Å²) in [6, 6.07) is 7.85. The second kappa shape index (κ2) is 4.83. The quantitative estimate of drug-likeness (QED) is 0.823. The smallest absolute Gasteiger partial charge is 0.125 e. The van der Waals surface area contributed by atoms with E-state index in [1.54, 1.807) is 12.1 Å². The molecule has 1 atom stereocenters. The van der Waals surface area contributed by atoms with Crippen molar-refractivity contribution in [1.82, 2.24) is 5.32 Å². The first-order valence-corrected chi connectivity index (χ1v) is 5.88. The maximum absolute atomic E-state index is 13.1. The number of nitrogens with one attached hydrogen (secondary N) is 1. The van der Waals surface area contributed by atoms with Gasteiger partial charge >= 0.3 is 0 Å². The van der Waals surface area contributed by atoms with Crippen molar-refractivity contribution in [3.63, 3.8) is 0 Å². The molecular weight excluding hydrogens is 203 g/mol. The summed E-state index contributed by atoms with van der Waals surface area (Å²) < 4.78 is 13.1. The van der Waals surface area contributed by atoms with Crippen molar-refractivity contribution < 1.29 is 4.39 Å². The van der Waals surface area contributed by atoms with E-state index in [-0.39, 0.29) is 5.82 Å². The van der Waals surface area contributed by atoms with Crippen LogP contribution in [0.25, 0.3) is 0 Å². The van der Waals surface area contributed by atoms with Gasteiger partial charge in [-0.05, 0) is 38.0 Å². The molecule has 3 heteroatoms. The molecule has 0 bridgehead atoms. The van der Waals surface area contributed by atoms with Crippen LogP contribution in [0.5, 0.6) is 0 Å². The second-order valence-corrected chi connectivity index (χ2v) is 4.62. The van der Waals surface area contributed by atoms with Crippen molar-refractivity contribution in [2.75, 3.05) is 18.5 Å². The number of hydrogen-bond acceptors (Lipinski definition) is 2. The van der Waals surface area contributed by atoms with E-state index >= 15 is 0 Å². The summed E-state index contributed by atoms with van der Waals surface area (Å²) in [6.07, 6.45) is 2.60. The van der Waals surface area contributed by atoms with E-state index in [4.69, 9.17) is 0 Å². The van der Waals surface area contributed by atoms with E-state index in [0.717, 1.165) is 18.3 Å². The van der Waals surface area contributed by atoms with Gasteiger partial charge in [0, 0.05) is 31.4 Å². The van der Waals surface area contributed by atoms with Crippen LogP contribution in [-0.4, -0.2) is 25.7 Å². The van der Waals surface area contributed by atoms with Crippen molar-refractivity contribution in [2.45, 2.75) is 31.8 Å². The third-order valence-corrected chi connectivity index (χ3v) is 3.16. The lowest BCUT2D eigenvalue weighted by atomic mass is 10.2. The molecule has 0 saturated heterocycles. The predicted molar refractivity (Wildman–Crippen MR) is 65.3 cm³/mol. The molecule has 1 aromatic carbocycles. The molecule has 1 saturated carbocycles. The highest BCUT2D eigenvalue weighted by atomic mass is 19.1. The van der Waals surface area contributed by atoms with Crippen molar-refractivity contribution in [3.8, 4) is 0 Å². The van der Waals surface area contributed by atoms with Gasteiger partial charge in [0.1, 0.15) is 5.82 Å². The molecule has 1 aromatic rings. The Morgan fingerprint density at radius 2 is 2.25 bits per heavy atom. The van der Waals surface area contributed by atoms with E-state index in [1.165, 1.54) is 18.9 Å². The first-order valence-electron chi connectivity index (χ1n) is 5.88. The van der Waals surface area contributed by atoms with Gasteiger partial charge in [-0.1, -0.05) is 6.07 Å². The lowest BCUT2D eigenvalue weighted by molar-refractivity contribution is 0.580. The third kappa shape index (κ3) is 2.95. The third-order valence-electron chi connectivity index (χ3n) is 3.16. The van der Waals surface area contributed by atoms with Gasteiger partial charge < -0.3 is 10.2 Å². The van der Waals surface area contributed by atoms with Crippen molar-refractivity contribution in [1.29, 1.82) is 0 Å². The number of likely N-dealkylation sites (N-methyl/N-ethyl adjacent to an activating group) is 1. The van der Waals surface area contributed by atoms with Gasteiger partial charge in [-0.15, -0.1) is 0 Å². The summed E-state index contributed by atoms with van der Waals surface area (Å²) in [5.41, 5.74) is 0.935. The standard InChI is InChI=1S/C13H19FN2/c1-10(9-15-12-6-7-12)16(2)13-5-3-4-11(14)8-13/h3-5,8,10,12,15H,6-7,9H2,1-2H3. The molecule has 1 fully saturated rings. The van der Waals surface area contributed by atoms with Crippen molar-refractivity contribution in [3.05, 3.63) is 30.1 Å². The molecule has 2 nitrogen and oxygen atoms in total. The lowest BCUT2D eigenvalue weighted by Gasteiger charge is -2.27. The molecular formula is C13H19FN2. The molecule has 16 heavy (non-hydrogen) atoms. The van der Waals surface area contributed by atoms with E-state index < -0.39 is 0 Å². The van der Waals surface area contributed by atoms with Crippen LogP contribution in [0.3, 0.4) is 0 Å². The van der Waals surface area contributed by atoms with Crippen molar-refractivity contribution >= 4 is 5.69 Å². The van der Waals surface area contributed by atoms with Gasteiger partial charge in [0.15, 0.2) is 0 Å². The van der Waals surface area contributed by atoms with Crippen LogP contribution in [0.2, 0.25) is 0 Å². The minimum atomic E-state index is -0.174. The Labute approximate surface area is 96.5 Å². The van der Waals surface area contributed by atoms with Crippen LogP contribution < -0.4 is 10.2 Å². The summed E-state index contributed by atoms with van der Waals surface area (Å²) in [6.45, 7) is 3.11. The molecule has 1 aliphatic carbocycles. The Balaban J connectivity index is 1.91. The van der Waals surface area contributed by atoms with Gasteiger partial charge in [-0.25, -0.2) is 4.39 Å². The van der Waals surface area contributed by atoms with Crippen LogP contribution in [0.1, 0.15) is 19.8 Å². The number of rotatable bonds is 5. The van der Waals surface area contributed by atoms with Crippen LogP contribution in [-0.2, 0) is 0 Å². The van der Waals surface area contributed by atoms with Gasteiger partial charge in [-0.3, -0.25) is 0 Å². The molecule has 0 aromatic heterocycles. The SMILES string of the molecule is CC(CNC1CC1)N(C)c1cccc(F)c1. The number of benzene rings is 1. The highest BCUT2D eigenvalue weighted by Gasteiger charge is 2.21. The number of hydrogen-bond donors (Lipinski definition) is 1. The largest absolute Gasteiger partial charge is 0.371 e. The summed E-state index contributed by atoms with van der Waals surface area (Å²) in [5, 5.41) is 3.49. The zero-order valence-electron chi connectivity index (χ0n) is 9.91. The maximum Gasteiger partial charge on any atom is 0.125 e. The Kier molecular flexibility index (Phi) is 3.44. The fraction of sp³-hybridized carbons (Fsp3) is 0.538. The van der Waals surface area contributed by atoms with Gasteiger partial charge in [0.2, 0.25) is 0 Å². The maximum atomic E-state index is 13.1. The summed E-state index contributed by atoms with van der Waals surface area (Å²) in [7, 11) is 2.01. The zero-order chi connectivity index (χ0) is 11.5. The topological polar surface area (TPSA) is 15.3 Å². The summed E-state index contributed by atoms with van der Waals surface area (Å²) >= 11 is 0. The normalized spacial score (nSPS) is 17.2. The first-order chi connectivity index (χ1) is 7.66. The molecule has 1 unspecified atom stereocenters. The fourth-order valence-corrected chi connectivity index (χ4v) is 1.71. The van der Waals surface area contributed by atoms with Crippen LogP contribution in [0.15, 0.2) is 24.3 Å². The number of nitrogens with zero attached hydrogens (tertiary/aromatic N) is 1. The molecule has 0 amide bonds. The molecule has 0 radical (unpaired) electrons. The van der Waals surface area contributed by atoms with Gasteiger partial charge in [0.25, 0.3) is 0 Å². The van der Waals surface area contributed by atoms with E-state index in [1.807, 2.05) is 13.1 Å². The predicted octanol–water partition coefficient (Wildman–Crippen LogP) is 2.40. The summed E-state index contributed by atoms with van der Waals surface area (Å²) in [5.74, 6) is -0.174. The Morgan fingerprint density at radius 3 is 2.88 bits per heavy atom. The molecule has 0 spiro atoms. The Hall–Kier alpha value is -1.09. The monoisotopic (exact) mass is 222 g/mol. The average Bonchev–Trinajstić information content (AvgIpc) is 3.08. The number of halogens is 1. The van der Waals surface area contributed by atoms with E-state index in [9.17, 15) is 4.39 Å². The molecule has 2 rings (SSSR count). The van der Waals surface area contributed by atoms with Gasteiger partial charge in [0.05, 0.1) is 0 Å². The van der Waals surface area contributed by atoms with E-state index in [2.05, 4.69) is 17.1 Å². The first kappa shape index (κ1) is 11.4. The van der Waals surface area contributed by atoms with Crippen LogP contribution in [0.4, 0.5) is 10.1 Å². The summed E-state index contributed by atoms with van der Waals surface area (Å²) in [4.78, 5) is 2.11. The second-order valence-electron chi connectivity index (χ2n) is 4.62. The van der Waals surface area contributed by atoms with Crippen LogP contribution in [0, 0.1) is 5.82 Å². The molecule has 0 aliphatic heterocycles. The van der Waals surface area contributed by atoms with Crippen LogP contribution >= 0.6 is 0 Å². The molecule has 0 heterocycles. The average molecular weight is 222 g/mol. The highest BCUT2D eigenvalue weighted by molar-refractivity contribution is 5.46. The molecule has 1 N–H and O–H groups in total. The Bertz CT molecular complexity index is 350. The molecule has 1 aliphatic rings. The van der Waals surface area contributed by atoms with E-state index in [0.29, 0.717) is 6.04 Å². The lowest BCUT2D eigenvalue weighted by Crippen LogP contribution is -2.38. The highest BCUT2D eigenvalue weighted by Crippen LogP contribution is 2.20. The fourth-order valence-electron chi connectivity index (χ4n) is 1.71. The Morgan fingerprint density at radius 1 is 1.50 bits per heavy atom. The van der Waals surface area contributed by atoms with Crippen molar-refractivity contribution in [2.24, 2.45) is 0 Å². The molecule has 88 valence electrons. The minimum Gasteiger partial charge on any atom is -0.371 e.